The lowest BCUT2D eigenvalue weighted by molar-refractivity contribution is -0.139. The fourth-order valence-corrected chi connectivity index (χ4v) is 3.95. The molecule has 1 unspecified atom stereocenters. The van der Waals surface area contributed by atoms with Crippen molar-refractivity contribution in [2.45, 2.75) is 31.9 Å². The summed E-state index contributed by atoms with van der Waals surface area (Å²) >= 11 is 0. The van der Waals surface area contributed by atoms with Crippen molar-refractivity contribution < 1.29 is 14.3 Å². The predicted molar refractivity (Wildman–Crippen MR) is 110 cm³/mol. The molecule has 1 atom stereocenters. The Morgan fingerprint density at radius 3 is 2.41 bits per heavy atom. The first-order chi connectivity index (χ1) is 14.1. The maximum atomic E-state index is 12.8. The standard InChI is InChI=1S/C22H25N3O4/c1-15(29-18-9-7-17(28-2)8-10-18)21(26)24-13-11-16(12-14-24)25-20-6-4-3-5-19(20)23-22(25)27/h3-10,15-16H,11-14H2,1-2H3,(H,23,27). The van der Waals surface area contributed by atoms with Crippen LogP contribution in [0.4, 0.5) is 0 Å². The van der Waals surface area contributed by atoms with Crippen LogP contribution in [0.15, 0.2) is 53.3 Å². The predicted octanol–water partition coefficient (Wildman–Crippen LogP) is 2.97. The van der Waals surface area contributed by atoms with E-state index in [-0.39, 0.29) is 17.6 Å². The van der Waals surface area contributed by atoms with E-state index in [1.807, 2.05) is 33.7 Å². The number of rotatable bonds is 5. The van der Waals surface area contributed by atoms with Gasteiger partial charge in [0.2, 0.25) is 0 Å². The number of aromatic amines is 1. The molecule has 1 amide bonds. The summed E-state index contributed by atoms with van der Waals surface area (Å²) in [5.41, 5.74) is 1.67. The molecule has 4 rings (SSSR count). The Morgan fingerprint density at radius 2 is 1.72 bits per heavy atom. The lowest BCUT2D eigenvalue weighted by Gasteiger charge is -2.34. The van der Waals surface area contributed by atoms with Crippen molar-refractivity contribution in [3.05, 3.63) is 59.0 Å². The number of fused-ring (bicyclic) bond motifs is 1. The fourth-order valence-electron chi connectivity index (χ4n) is 3.95. The van der Waals surface area contributed by atoms with Crippen molar-refractivity contribution in [3.63, 3.8) is 0 Å². The lowest BCUT2D eigenvalue weighted by Crippen LogP contribution is -2.45. The largest absolute Gasteiger partial charge is 0.497 e. The SMILES string of the molecule is COc1ccc(OC(C)C(=O)N2CCC(n3c(=O)[nH]c4ccccc43)CC2)cc1. The second-order valence-electron chi connectivity index (χ2n) is 7.31. The molecular formula is C22H25N3O4. The number of amides is 1. The van der Waals surface area contributed by atoms with E-state index < -0.39 is 6.10 Å². The van der Waals surface area contributed by atoms with E-state index in [4.69, 9.17) is 9.47 Å². The number of nitrogens with one attached hydrogen (secondary N) is 1. The zero-order valence-corrected chi connectivity index (χ0v) is 16.6. The van der Waals surface area contributed by atoms with Gasteiger partial charge in [0.05, 0.1) is 18.1 Å². The number of hydrogen-bond donors (Lipinski definition) is 1. The highest BCUT2D eigenvalue weighted by molar-refractivity contribution is 5.81. The third-order valence-corrected chi connectivity index (χ3v) is 5.49. The Kier molecular flexibility index (Phi) is 5.29. The van der Waals surface area contributed by atoms with Gasteiger partial charge in [-0.3, -0.25) is 9.36 Å². The zero-order chi connectivity index (χ0) is 20.4. The second kappa shape index (κ2) is 8.03. The molecule has 29 heavy (non-hydrogen) atoms. The molecule has 7 nitrogen and oxygen atoms in total. The molecular weight excluding hydrogens is 370 g/mol. The molecule has 1 saturated heterocycles. The summed E-state index contributed by atoms with van der Waals surface area (Å²) in [6, 6.07) is 15.0. The van der Waals surface area contributed by atoms with E-state index in [0.717, 1.165) is 29.6 Å². The van der Waals surface area contributed by atoms with E-state index in [9.17, 15) is 9.59 Å². The van der Waals surface area contributed by atoms with Gasteiger partial charge in [-0.05, 0) is 56.2 Å². The minimum absolute atomic E-state index is 0.0365. The molecule has 0 saturated carbocycles. The number of aromatic nitrogens is 2. The fraction of sp³-hybridized carbons (Fsp3) is 0.364. The van der Waals surface area contributed by atoms with Crippen LogP contribution in [0, 0.1) is 0 Å². The van der Waals surface area contributed by atoms with Crippen molar-refractivity contribution in [2.75, 3.05) is 20.2 Å². The molecule has 1 fully saturated rings. The van der Waals surface area contributed by atoms with Crippen LogP contribution in [-0.2, 0) is 4.79 Å². The van der Waals surface area contributed by atoms with Gasteiger partial charge in [-0.25, -0.2) is 4.79 Å². The van der Waals surface area contributed by atoms with Gasteiger partial charge >= 0.3 is 5.69 Å². The van der Waals surface area contributed by atoms with Crippen LogP contribution in [0.1, 0.15) is 25.8 Å². The Bertz CT molecular complexity index is 1050. The molecule has 1 aliphatic rings. The molecule has 2 heterocycles. The molecule has 3 aromatic rings. The number of ether oxygens (including phenoxy) is 2. The monoisotopic (exact) mass is 395 g/mol. The highest BCUT2D eigenvalue weighted by Gasteiger charge is 2.29. The molecule has 0 bridgehead atoms. The summed E-state index contributed by atoms with van der Waals surface area (Å²) in [6.45, 7) is 2.97. The number of methoxy groups -OCH3 is 1. The summed E-state index contributed by atoms with van der Waals surface area (Å²) in [5, 5.41) is 0. The molecule has 7 heteroatoms. The molecule has 152 valence electrons. The lowest BCUT2D eigenvalue weighted by atomic mass is 10.0. The molecule has 2 aromatic carbocycles. The average molecular weight is 395 g/mol. The molecule has 1 aromatic heterocycles. The molecule has 0 aliphatic carbocycles. The minimum Gasteiger partial charge on any atom is -0.497 e. The van der Waals surface area contributed by atoms with Gasteiger partial charge in [0, 0.05) is 19.1 Å². The van der Waals surface area contributed by atoms with E-state index >= 15 is 0 Å². The van der Waals surface area contributed by atoms with E-state index in [2.05, 4.69) is 4.98 Å². The summed E-state index contributed by atoms with van der Waals surface area (Å²) in [4.78, 5) is 29.9. The number of piperidine rings is 1. The Hall–Kier alpha value is -3.22. The summed E-state index contributed by atoms with van der Waals surface area (Å²) in [6.07, 6.45) is 0.904. The Labute approximate surface area is 168 Å². The number of carbonyl (C=O) groups is 1. The molecule has 1 N–H and O–H groups in total. The number of imidazole rings is 1. The Morgan fingerprint density at radius 1 is 1.07 bits per heavy atom. The van der Waals surface area contributed by atoms with Crippen molar-refractivity contribution in [3.8, 4) is 11.5 Å². The number of benzene rings is 2. The van der Waals surface area contributed by atoms with Crippen molar-refractivity contribution in [1.82, 2.24) is 14.5 Å². The maximum absolute atomic E-state index is 12.8. The second-order valence-corrected chi connectivity index (χ2v) is 7.31. The van der Waals surface area contributed by atoms with Gasteiger partial charge in [-0.15, -0.1) is 0 Å². The quantitative estimate of drug-likeness (QED) is 0.721. The Balaban J connectivity index is 1.39. The number of likely N-dealkylation sites (tertiary alicyclic amines) is 1. The van der Waals surface area contributed by atoms with Crippen LogP contribution in [0.5, 0.6) is 11.5 Å². The van der Waals surface area contributed by atoms with Gasteiger partial charge in [-0.2, -0.15) is 0 Å². The first-order valence-electron chi connectivity index (χ1n) is 9.85. The number of H-pyrrole nitrogens is 1. The number of carbonyl (C=O) groups excluding carboxylic acids is 1. The molecule has 1 aliphatic heterocycles. The zero-order valence-electron chi connectivity index (χ0n) is 16.6. The smallest absolute Gasteiger partial charge is 0.326 e. The summed E-state index contributed by atoms with van der Waals surface area (Å²) < 4.78 is 12.8. The normalized spacial score (nSPS) is 16.0. The first kappa shape index (κ1) is 19.1. The topological polar surface area (TPSA) is 76.6 Å². The van der Waals surface area contributed by atoms with E-state index in [1.165, 1.54) is 0 Å². The number of nitrogens with zero attached hydrogens (tertiary/aromatic N) is 2. The van der Waals surface area contributed by atoms with Crippen LogP contribution in [0.2, 0.25) is 0 Å². The molecule has 0 spiro atoms. The van der Waals surface area contributed by atoms with Crippen LogP contribution in [0.25, 0.3) is 11.0 Å². The van der Waals surface area contributed by atoms with Crippen LogP contribution in [-0.4, -0.2) is 46.7 Å². The maximum Gasteiger partial charge on any atom is 0.326 e. The van der Waals surface area contributed by atoms with Crippen molar-refractivity contribution >= 4 is 16.9 Å². The van der Waals surface area contributed by atoms with Gasteiger partial charge in [0.1, 0.15) is 11.5 Å². The van der Waals surface area contributed by atoms with Gasteiger partial charge < -0.3 is 19.4 Å². The minimum atomic E-state index is -0.573. The number of para-hydroxylation sites is 2. The summed E-state index contributed by atoms with van der Waals surface area (Å²) in [5.74, 6) is 1.34. The van der Waals surface area contributed by atoms with Gasteiger partial charge in [-0.1, -0.05) is 12.1 Å². The van der Waals surface area contributed by atoms with Crippen molar-refractivity contribution in [1.29, 1.82) is 0 Å². The van der Waals surface area contributed by atoms with E-state index in [1.54, 1.807) is 38.3 Å². The average Bonchev–Trinajstić information content (AvgIpc) is 3.09. The highest BCUT2D eigenvalue weighted by Crippen LogP contribution is 2.26. The third kappa shape index (κ3) is 3.85. The summed E-state index contributed by atoms with van der Waals surface area (Å²) in [7, 11) is 1.61. The highest BCUT2D eigenvalue weighted by atomic mass is 16.5. The molecule has 0 radical (unpaired) electrons. The van der Waals surface area contributed by atoms with Crippen LogP contribution in [0.3, 0.4) is 0 Å². The van der Waals surface area contributed by atoms with Gasteiger partial charge in [0.15, 0.2) is 6.10 Å². The van der Waals surface area contributed by atoms with Crippen LogP contribution >= 0.6 is 0 Å². The third-order valence-electron chi connectivity index (χ3n) is 5.49. The first-order valence-corrected chi connectivity index (χ1v) is 9.85. The van der Waals surface area contributed by atoms with Gasteiger partial charge in [0.25, 0.3) is 5.91 Å². The number of hydrogen-bond acceptors (Lipinski definition) is 4. The van der Waals surface area contributed by atoms with Crippen molar-refractivity contribution in [2.24, 2.45) is 0 Å². The van der Waals surface area contributed by atoms with E-state index in [0.29, 0.717) is 18.8 Å². The van der Waals surface area contributed by atoms with Crippen LogP contribution < -0.4 is 15.2 Å².